The first kappa shape index (κ1) is 9.71. The van der Waals surface area contributed by atoms with Crippen LogP contribution in [0.15, 0.2) is 27.8 Å². The molecular formula is C11H10N4O2. The molecule has 0 bridgehead atoms. The number of aryl methyl sites for hydroxylation is 1. The maximum Gasteiger partial charge on any atom is 0.326 e. The summed E-state index contributed by atoms with van der Waals surface area (Å²) in [6, 6.07) is 5.75. The highest BCUT2D eigenvalue weighted by atomic mass is 16.2. The Kier molecular flexibility index (Phi) is 1.85. The van der Waals surface area contributed by atoms with Gasteiger partial charge in [0.05, 0.1) is 11.4 Å². The van der Waals surface area contributed by atoms with Crippen molar-refractivity contribution in [3.05, 3.63) is 44.6 Å². The van der Waals surface area contributed by atoms with Gasteiger partial charge in [-0.25, -0.2) is 4.79 Å². The van der Waals surface area contributed by atoms with E-state index in [0.717, 1.165) is 16.8 Å². The number of aromatic nitrogens is 2. The van der Waals surface area contributed by atoms with E-state index in [1.807, 2.05) is 25.1 Å². The van der Waals surface area contributed by atoms with Crippen LogP contribution < -0.4 is 22.1 Å². The minimum atomic E-state index is -0.509. The lowest BCUT2D eigenvalue weighted by Gasteiger charge is -2.21. The lowest BCUT2D eigenvalue weighted by Crippen LogP contribution is -2.30. The third kappa shape index (κ3) is 1.42. The van der Waals surface area contributed by atoms with Crippen LogP contribution in [0.1, 0.15) is 5.56 Å². The van der Waals surface area contributed by atoms with Gasteiger partial charge in [-0.1, -0.05) is 11.6 Å². The summed E-state index contributed by atoms with van der Waals surface area (Å²) in [5.41, 5.74) is 8.25. The van der Waals surface area contributed by atoms with Crippen LogP contribution in [0.3, 0.4) is 0 Å². The third-order valence-electron chi connectivity index (χ3n) is 2.71. The number of hydrogen-bond acceptors (Lipinski definition) is 4. The summed E-state index contributed by atoms with van der Waals surface area (Å²) in [7, 11) is 0. The van der Waals surface area contributed by atoms with Crippen molar-refractivity contribution in [1.82, 2.24) is 9.97 Å². The van der Waals surface area contributed by atoms with Crippen molar-refractivity contribution >= 4 is 11.4 Å². The molecule has 0 spiro atoms. The second-order valence-electron chi connectivity index (χ2n) is 3.96. The average Bonchev–Trinajstić information content (AvgIpc) is 2.28. The van der Waals surface area contributed by atoms with Gasteiger partial charge in [0, 0.05) is 5.56 Å². The molecular weight excluding hydrogens is 220 g/mol. The third-order valence-corrected chi connectivity index (χ3v) is 2.71. The van der Waals surface area contributed by atoms with Gasteiger partial charge in [0.2, 0.25) is 0 Å². The lowest BCUT2D eigenvalue weighted by molar-refractivity contribution is 1.03. The molecule has 4 N–H and O–H groups in total. The fraction of sp³-hybridized carbons (Fsp3) is 0.0909. The highest BCUT2D eigenvalue weighted by Gasteiger charge is 2.19. The minimum Gasteiger partial charge on any atom is -0.305 e. The normalized spacial score (nSPS) is 12.1. The molecule has 6 nitrogen and oxygen atoms in total. The van der Waals surface area contributed by atoms with Gasteiger partial charge in [-0.15, -0.1) is 0 Å². The predicted molar refractivity (Wildman–Crippen MR) is 65.1 cm³/mol. The van der Waals surface area contributed by atoms with Gasteiger partial charge in [0.25, 0.3) is 5.56 Å². The molecule has 0 saturated carbocycles. The Morgan fingerprint density at radius 2 is 1.88 bits per heavy atom. The molecule has 2 heterocycles. The molecule has 0 unspecified atom stereocenters. The molecule has 0 aliphatic carbocycles. The predicted octanol–water partition coefficient (Wildman–Crippen LogP) is 0.791. The minimum absolute atomic E-state index is 0.322. The number of fused-ring (bicyclic) bond motifs is 3. The van der Waals surface area contributed by atoms with Crippen molar-refractivity contribution in [2.45, 2.75) is 6.92 Å². The van der Waals surface area contributed by atoms with E-state index in [9.17, 15) is 9.59 Å². The summed E-state index contributed by atoms with van der Waals surface area (Å²) in [6.45, 7) is 1.95. The van der Waals surface area contributed by atoms with E-state index < -0.39 is 11.2 Å². The summed E-state index contributed by atoms with van der Waals surface area (Å²) < 4.78 is 0. The topological polar surface area (TPSA) is 89.8 Å². The fourth-order valence-electron chi connectivity index (χ4n) is 1.91. The van der Waals surface area contributed by atoms with Crippen LogP contribution in [0.25, 0.3) is 11.3 Å². The SMILES string of the molecule is Cc1ccc2c(c1)-c1[nH]c(=O)[nH]c(=O)c1NN2. The molecule has 1 aromatic carbocycles. The molecule has 1 aromatic heterocycles. The van der Waals surface area contributed by atoms with Gasteiger partial charge in [-0.3, -0.25) is 20.6 Å². The highest BCUT2D eigenvalue weighted by Crippen LogP contribution is 2.33. The molecule has 6 heteroatoms. The summed E-state index contributed by atoms with van der Waals surface area (Å²) in [4.78, 5) is 27.7. The largest absolute Gasteiger partial charge is 0.326 e. The molecule has 0 radical (unpaired) electrons. The molecule has 1 aliphatic heterocycles. The maximum absolute atomic E-state index is 11.6. The zero-order chi connectivity index (χ0) is 12.0. The summed E-state index contributed by atoms with van der Waals surface area (Å²) in [5.74, 6) is 0. The number of hydrogen-bond donors (Lipinski definition) is 4. The van der Waals surface area contributed by atoms with E-state index in [2.05, 4.69) is 20.8 Å². The Labute approximate surface area is 95.7 Å². The van der Waals surface area contributed by atoms with E-state index in [1.54, 1.807) is 0 Å². The second kappa shape index (κ2) is 3.24. The van der Waals surface area contributed by atoms with Gasteiger partial charge in [-0.2, -0.15) is 0 Å². The second-order valence-corrected chi connectivity index (χ2v) is 3.96. The Morgan fingerprint density at radius 1 is 1.06 bits per heavy atom. The average molecular weight is 230 g/mol. The van der Waals surface area contributed by atoms with Crippen molar-refractivity contribution in [1.29, 1.82) is 0 Å². The zero-order valence-electron chi connectivity index (χ0n) is 9.05. The highest BCUT2D eigenvalue weighted by molar-refractivity contribution is 5.87. The number of nitrogens with one attached hydrogen (secondary N) is 4. The van der Waals surface area contributed by atoms with Crippen LogP contribution >= 0.6 is 0 Å². The van der Waals surface area contributed by atoms with E-state index in [1.165, 1.54) is 0 Å². The smallest absolute Gasteiger partial charge is 0.305 e. The van der Waals surface area contributed by atoms with Crippen molar-refractivity contribution in [2.24, 2.45) is 0 Å². The van der Waals surface area contributed by atoms with E-state index in [4.69, 9.17) is 0 Å². The molecule has 86 valence electrons. The Hall–Kier alpha value is -2.50. The van der Waals surface area contributed by atoms with Gasteiger partial charge >= 0.3 is 5.69 Å². The van der Waals surface area contributed by atoms with E-state index in [0.29, 0.717) is 11.4 Å². The first-order chi connectivity index (χ1) is 8.15. The van der Waals surface area contributed by atoms with Crippen molar-refractivity contribution in [3.8, 4) is 11.3 Å². The standard InChI is InChI=1S/C11H10N4O2/c1-5-2-3-7-6(4-5)8-9(15-14-7)10(16)13-11(17)12-8/h2-4,14-15H,1H3,(H2,12,13,16,17). The number of hydrazine groups is 1. The number of rotatable bonds is 0. The van der Waals surface area contributed by atoms with Gasteiger partial charge < -0.3 is 4.98 Å². The monoisotopic (exact) mass is 230 g/mol. The Balaban J connectivity index is 2.39. The molecule has 0 fully saturated rings. The first-order valence-electron chi connectivity index (χ1n) is 5.15. The van der Waals surface area contributed by atoms with Crippen LogP contribution in [-0.2, 0) is 0 Å². The lowest BCUT2D eigenvalue weighted by atomic mass is 10.0. The number of aromatic amines is 2. The van der Waals surface area contributed by atoms with Crippen LogP contribution in [0, 0.1) is 6.92 Å². The zero-order valence-corrected chi connectivity index (χ0v) is 9.05. The van der Waals surface area contributed by atoms with Gasteiger partial charge in [0.15, 0.2) is 0 Å². The maximum atomic E-state index is 11.6. The molecule has 0 atom stereocenters. The van der Waals surface area contributed by atoms with Crippen molar-refractivity contribution in [3.63, 3.8) is 0 Å². The molecule has 0 amide bonds. The summed E-state index contributed by atoms with van der Waals surface area (Å²) in [5, 5.41) is 0. The van der Waals surface area contributed by atoms with Crippen LogP contribution in [-0.4, -0.2) is 9.97 Å². The van der Waals surface area contributed by atoms with Gasteiger partial charge in [-0.05, 0) is 19.1 Å². The summed E-state index contributed by atoms with van der Waals surface area (Å²) >= 11 is 0. The molecule has 3 rings (SSSR count). The van der Waals surface area contributed by atoms with Crippen LogP contribution in [0.2, 0.25) is 0 Å². The quantitative estimate of drug-likeness (QED) is 0.538. The number of benzene rings is 1. The van der Waals surface area contributed by atoms with Gasteiger partial charge in [0.1, 0.15) is 5.69 Å². The van der Waals surface area contributed by atoms with E-state index >= 15 is 0 Å². The van der Waals surface area contributed by atoms with Crippen molar-refractivity contribution < 1.29 is 0 Å². The number of H-pyrrole nitrogens is 2. The molecule has 17 heavy (non-hydrogen) atoms. The first-order valence-corrected chi connectivity index (χ1v) is 5.15. The summed E-state index contributed by atoms with van der Waals surface area (Å²) in [6.07, 6.45) is 0. The molecule has 0 saturated heterocycles. The fourth-order valence-corrected chi connectivity index (χ4v) is 1.91. The van der Waals surface area contributed by atoms with E-state index in [-0.39, 0.29) is 0 Å². The molecule has 1 aliphatic rings. The van der Waals surface area contributed by atoms with Crippen LogP contribution in [0.4, 0.5) is 11.4 Å². The number of anilines is 2. The Bertz CT molecular complexity index is 714. The van der Waals surface area contributed by atoms with Crippen LogP contribution in [0.5, 0.6) is 0 Å². The molecule has 2 aromatic rings. The van der Waals surface area contributed by atoms with Crippen molar-refractivity contribution in [2.75, 3.05) is 10.9 Å². The Morgan fingerprint density at radius 3 is 2.71 bits per heavy atom.